The smallest absolute Gasteiger partial charge is 0.326 e. The van der Waals surface area contributed by atoms with Gasteiger partial charge in [0, 0.05) is 41.0 Å². The van der Waals surface area contributed by atoms with Gasteiger partial charge in [-0.1, -0.05) is 42.1 Å². The summed E-state index contributed by atoms with van der Waals surface area (Å²) in [5.41, 5.74) is 4.01. The maximum atomic E-state index is 12.3. The number of hydrogen-bond acceptors (Lipinski definition) is 4. The molecule has 0 spiro atoms. The third-order valence-electron chi connectivity index (χ3n) is 5.85. The molecule has 1 aliphatic carbocycles. The van der Waals surface area contributed by atoms with Gasteiger partial charge in [-0.3, -0.25) is 9.13 Å². The van der Waals surface area contributed by atoms with Crippen molar-refractivity contribution in [3.63, 3.8) is 0 Å². The predicted molar refractivity (Wildman–Crippen MR) is 123 cm³/mol. The molecule has 0 saturated heterocycles. The highest BCUT2D eigenvalue weighted by Gasteiger charge is 2.30. The molecule has 1 fully saturated rings. The molecule has 0 amide bonds. The monoisotopic (exact) mass is 430 g/mol. The zero-order chi connectivity index (χ0) is 20.8. The van der Waals surface area contributed by atoms with Gasteiger partial charge >= 0.3 is 5.69 Å². The van der Waals surface area contributed by atoms with Crippen LogP contribution in [0.3, 0.4) is 0 Å². The normalized spacial score (nSPS) is 14.1. The molecule has 6 rings (SSSR count). The Balaban J connectivity index is 1.21. The van der Waals surface area contributed by atoms with E-state index in [2.05, 4.69) is 42.9 Å². The molecule has 3 aromatic heterocycles. The van der Waals surface area contributed by atoms with Gasteiger partial charge in [-0.15, -0.1) is 10.2 Å². The molecule has 1 aliphatic rings. The summed E-state index contributed by atoms with van der Waals surface area (Å²) in [4.78, 5) is 18.5. The van der Waals surface area contributed by atoms with E-state index in [1.54, 1.807) is 11.8 Å². The van der Waals surface area contributed by atoms with Crippen LogP contribution in [0.15, 0.2) is 64.7 Å². The summed E-state index contributed by atoms with van der Waals surface area (Å²) >= 11 is 1.73. The fourth-order valence-corrected chi connectivity index (χ4v) is 5.12. The number of thioether (sulfide) groups is 1. The van der Waals surface area contributed by atoms with Crippen LogP contribution in [0.1, 0.15) is 25.3 Å². The number of nitrogens with zero attached hydrogens (tertiary/aromatic N) is 4. The SMILES string of the molecule is O=c1[nH]c2ccccc2n1CCCSc1nnc(-c2c[nH]c3ccccc23)n1C1CC1. The third kappa shape index (κ3) is 3.27. The Hall–Kier alpha value is -3.26. The number of imidazole rings is 1. The molecular weight excluding hydrogens is 408 g/mol. The van der Waals surface area contributed by atoms with Gasteiger partial charge in [-0.25, -0.2) is 4.79 Å². The van der Waals surface area contributed by atoms with Gasteiger partial charge in [0.1, 0.15) is 0 Å². The van der Waals surface area contributed by atoms with Crippen LogP contribution in [0.2, 0.25) is 0 Å². The minimum Gasteiger partial charge on any atom is -0.360 e. The lowest BCUT2D eigenvalue weighted by Gasteiger charge is -2.08. The highest BCUT2D eigenvalue weighted by molar-refractivity contribution is 7.99. The molecule has 0 atom stereocenters. The lowest BCUT2D eigenvalue weighted by Crippen LogP contribution is -2.17. The van der Waals surface area contributed by atoms with Crippen LogP contribution >= 0.6 is 11.8 Å². The molecule has 1 saturated carbocycles. The van der Waals surface area contributed by atoms with E-state index >= 15 is 0 Å². The van der Waals surface area contributed by atoms with Crippen LogP contribution in [0.5, 0.6) is 0 Å². The summed E-state index contributed by atoms with van der Waals surface area (Å²) in [6, 6.07) is 16.6. The second kappa shape index (κ2) is 7.46. The molecule has 7 nitrogen and oxygen atoms in total. The van der Waals surface area contributed by atoms with E-state index in [1.807, 2.05) is 41.1 Å². The number of aromatic nitrogens is 6. The number of rotatable bonds is 7. The Labute approximate surface area is 182 Å². The van der Waals surface area contributed by atoms with Crippen molar-refractivity contribution < 1.29 is 0 Å². The molecule has 0 bridgehead atoms. The van der Waals surface area contributed by atoms with Crippen molar-refractivity contribution in [2.45, 2.75) is 37.0 Å². The van der Waals surface area contributed by atoms with Crippen molar-refractivity contribution in [1.29, 1.82) is 0 Å². The van der Waals surface area contributed by atoms with Crippen LogP contribution in [0, 0.1) is 0 Å². The van der Waals surface area contributed by atoms with Gasteiger partial charge in [0.05, 0.1) is 11.0 Å². The lowest BCUT2D eigenvalue weighted by atomic mass is 10.1. The molecule has 31 heavy (non-hydrogen) atoms. The summed E-state index contributed by atoms with van der Waals surface area (Å²) in [7, 11) is 0. The molecule has 2 N–H and O–H groups in total. The predicted octanol–water partition coefficient (Wildman–Crippen LogP) is 4.59. The number of benzene rings is 2. The minimum absolute atomic E-state index is 0.0473. The quantitative estimate of drug-likeness (QED) is 0.292. The van der Waals surface area contributed by atoms with Gasteiger partial charge in [0.2, 0.25) is 0 Å². The molecular formula is C23H22N6OS. The number of fused-ring (bicyclic) bond motifs is 2. The van der Waals surface area contributed by atoms with Crippen molar-refractivity contribution in [2.75, 3.05) is 5.75 Å². The lowest BCUT2D eigenvalue weighted by molar-refractivity contribution is 0.662. The van der Waals surface area contributed by atoms with Gasteiger partial charge in [-0.2, -0.15) is 0 Å². The molecule has 5 aromatic rings. The Morgan fingerprint density at radius 1 is 1.03 bits per heavy atom. The van der Waals surface area contributed by atoms with E-state index in [4.69, 9.17) is 0 Å². The fourth-order valence-electron chi connectivity index (χ4n) is 4.19. The first-order chi connectivity index (χ1) is 15.3. The van der Waals surface area contributed by atoms with Crippen molar-refractivity contribution in [3.05, 3.63) is 65.2 Å². The first-order valence-corrected chi connectivity index (χ1v) is 11.6. The van der Waals surface area contributed by atoms with Gasteiger partial charge < -0.3 is 9.97 Å². The highest BCUT2D eigenvalue weighted by Crippen LogP contribution is 2.42. The van der Waals surface area contributed by atoms with Crippen molar-refractivity contribution in [1.82, 2.24) is 29.3 Å². The second-order valence-electron chi connectivity index (χ2n) is 7.96. The topological polar surface area (TPSA) is 84.3 Å². The maximum absolute atomic E-state index is 12.3. The van der Waals surface area contributed by atoms with Crippen LogP contribution in [0.4, 0.5) is 0 Å². The molecule has 2 aromatic carbocycles. The molecule has 0 aliphatic heterocycles. The van der Waals surface area contributed by atoms with Crippen molar-refractivity contribution >= 4 is 33.7 Å². The standard InChI is InChI=1S/C23H22N6OS/c30-22-25-19-8-3-4-9-20(19)28(22)12-5-13-31-23-27-26-21(29(23)15-10-11-15)17-14-24-18-7-2-1-6-16(17)18/h1-4,6-9,14-15,24H,5,10-13H2,(H,25,30). The van der Waals surface area contributed by atoms with E-state index in [1.165, 1.54) is 18.2 Å². The summed E-state index contributed by atoms with van der Waals surface area (Å²) in [5, 5.41) is 11.2. The van der Waals surface area contributed by atoms with Crippen LogP contribution in [-0.2, 0) is 6.54 Å². The molecule has 3 heterocycles. The van der Waals surface area contributed by atoms with E-state index in [0.29, 0.717) is 12.6 Å². The second-order valence-corrected chi connectivity index (χ2v) is 9.02. The van der Waals surface area contributed by atoms with Gasteiger partial charge in [0.25, 0.3) is 0 Å². The average molecular weight is 431 g/mol. The maximum Gasteiger partial charge on any atom is 0.326 e. The summed E-state index contributed by atoms with van der Waals surface area (Å²) < 4.78 is 4.12. The van der Waals surface area contributed by atoms with Crippen molar-refractivity contribution in [3.8, 4) is 11.4 Å². The average Bonchev–Trinajstić information content (AvgIpc) is 3.26. The highest BCUT2D eigenvalue weighted by atomic mass is 32.2. The zero-order valence-electron chi connectivity index (χ0n) is 16.9. The van der Waals surface area contributed by atoms with E-state index in [0.717, 1.165) is 45.3 Å². The van der Waals surface area contributed by atoms with Gasteiger partial charge in [-0.05, 0) is 37.5 Å². The van der Waals surface area contributed by atoms with E-state index in [-0.39, 0.29) is 5.69 Å². The zero-order valence-corrected chi connectivity index (χ0v) is 17.7. The summed E-state index contributed by atoms with van der Waals surface area (Å²) in [6.07, 6.45) is 5.26. The number of aromatic amines is 2. The number of aryl methyl sites for hydroxylation is 1. The summed E-state index contributed by atoms with van der Waals surface area (Å²) in [6.45, 7) is 0.683. The molecule has 0 radical (unpaired) electrons. The Morgan fingerprint density at radius 3 is 2.71 bits per heavy atom. The fraction of sp³-hybridized carbons (Fsp3) is 0.261. The molecule has 156 valence electrons. The van der Waals surface area contributed by atoms with Crippen LogP contribution in [0.25, 0.3) is 33.3 Å². The summed E-state index contributed by atoms with van der Waals surface area (Å²) in [5.74, 6) is 1.82. The van der Waals surface area contributed by atoms with Crippen LogP contribution < -0.4 is 5.69 Å². The molecule has 8 heteroatoms. The Bertz CT molecular complexity index is 1440. The van der Waals surface area contributed by atoms with Crippen molar-refractivity contribution in [2.24, 2.45) is 0 Å². The number of nitrogens with one attached hydrogen (secondary N) is 2. The third-order valence-corrected chi connectivity index (χ3v) is 6.87. The largest absolute Gasteiger partial charge is 0.360 e. The van der Waals surface area contributed by atoms with E-state index < -0.39 is 0 Å². The first kappa shape index (κ1) is 18.5. The Morgan fingerprint density at radius 2 is 1.84 bits per heavy atom. The number of H-pyrrole nitrogens is 2. The minimum atomic E-state index is -0.0473. The van der Waals surface area contributed by atoms with Gasteiger partial charge in [0.15, 0.2) is 11.0 Å². The number of para-hydroxylation sites is 3. The van der Waals surface area contributed by atoms with Crippen LogP contribution in [-0.4, -0.2) is 35.1 Å². The molecule has 0 unspecified atom stereocenters. The number of hydrogen-bond donors (Lipinski definition) is 2. The first-order valence-electron chi connectivity index (χ1n) is 10.6. The van der Waals surface area contributed by atoms with E-state index in [9.17, 15) is 4.79 Å². The Kier molecular flexibility index (Phi) is 4.45.